The summed E-state index contributed by atoms with van der Waals surface area (Å²) >= 11 is 0. The lowest BCUT2D eigenvalue weighted by molar-refractivity contribution is -0.119. The Balaban J connectivity index is 1.74. The minimum atomic E-state index is -3.75. The first-order valence-corrected chi connectivity index (χ1v) is 10.3. The van der Waals surface area contributed by atoms with Crippen LogP contribution in [0.3, 0.4) is 0 Å². The van der Waals surface area contributed by atoms with Gasteiger partial charge in [-0.15, -0.1) is 0 Å². The van der Waals surface area contributed by atoms with E-state index in [1.165, 1.54) is 0 Å². The molecule has 5 nitrogen and oxygen atoms in total. The molecule has 0 saturated heterocycles. The molecule has 1 N–H and O–H groups in total. The highest BCUT2D eigenvalue weighted by Crippen LogP contribution is 2.28. The number of hydrogen-bond acceptors (Lipinski definition) is 3. The molecule has 0 saturated carbocycles. The third-order valence-electron chi connectivity index (χ3n) is 4.71. The maximum atomic E-state index is 12.8. The summed E-state index contributed by atoms with van der Waals surface area (Å²) in [7, 11) is -3.75. The van der Waals surface area contributed by atoms with Crippen LogP contribution < -0.4 is 9.62 Å². The number of carbonyl (C=O) groups excluding carboxylic acids is 1. The van der Waals surface area contributed by atoms with Gasteiger partial charge in [0, 0.05) is 12.2 Å². The van der Waals surface area contributed by atoms with Crippen molar-refractivity contribution in [1.29, 1.82) is 0 Å². The van der Waals surface area contributed by atoms with Crippen molar-refractivity contribution in [2.24, 2.45) is 0 Å². The average Bonchev–Trinajstić information content (AvgIpc) is 3.04. The fraction of sp³-hybridized carbons (Fsp3) is 0.350. The Morgan fingerprint density at radius 2 is 1.69 bits per heavy atom. The van der Waals surface area contributed by atoms with E-state index in [0.717, 1.165) is 23.2 Å². The molecular formula is C20H24N2O3S. The number of rotatable bonds is 5. The summed E-state index contributed by atoms with van der Waals surface area (Å²) in [6.45, 7) is 6.27. The summed E-state index contributed by atoms with van der Waals surface area (Å²) in [6.07, 6.45) is 0.790. The van der Waals surface area contributed by atoms with Gasteiger partial charge in [-0.3, -0.25) is 4.79 Å². The monoisotopic (exact) mass is 372 g/mol. The molecule has 0 aliphatic carbocycles. The molecule has 26 heavy (non-hydrogen) atoms. The summed E-state index contributed by atoms with van der Waals surface area (Å²) in [5.41, 5.74) is 3.05. The van der Waals surface area contributed by atoms with E-state index in [1.54, 1.807) is 24.0 Å². The van der Waals surface area contributed by atoms with Gasteiger partial charge in [-0.25, -0.2) is 8.42 Å². The Morgan fingerprint density at radius 3 is 2.35 bits per heavy atom. The Kier molecular flexibility index (Phi) is 5.16. The molecule has 0 fully saturated rings. The number of nitrogens with one attached hydrogen (secondary N) is 1. The van der Waals surface area contributed by atoms with E-state index in [9.17, 15) is 13.2 Å². The third-order valence-corrected chi connectivity index (χ3v) is 6.27. The van der Waals surface area contributed by atoms with Crippen molar-refractivity contribution < 1.29 is 13.2 Å². The fourth-order valence-electron chi connectivity index (χ4n) is 3.18. The molecule has 1 amide bonds. The molecule has 0 aromatic heterocycles. The number of para-hydroxylation sites is 1. The summed E-state index contributed by atoms with van der Waals surface area (Å²) in [5, 5.41) is 0. The number of benzene rings is 2. The number of hydrogen-bond donors (Lipinski definition) is 1. The van der Waals surface area contributed by atoms with Crippen molar-refractivity contribution in [2.45, 2.75) is 44.0 Å². The van der Waals surface area contributed by atoms with E-state index in [2.05, 4.69) is 18.6 Å². The zero-order valence-electron chi connectivity index (χ0n) is 15.3. The van der Waals surface area contributed by atoms with Crippen LogP contribution in [0.5, 0.6) is 0 Å². The van der Waals surface area contributed by atoms with Crippen LogP contribution in [0.15, 0.2) is 53.4 Å². The van der Waals surface area contributed by atoms with Crippen molar-refractivity contribution in [3.05, 3.63) is 59.7 Å². The Hall–Kier alpha value is -2.18. The first-order chi connectivity index (χ1) is 12.3. The van der Waals surface area contributed by atoms with E-state index in [0.29, 0.717) is 12.5 Å². The quantitative estimate of drug-likeness (QED) is 0.877. The maximum Gasteiger partial charge on any atom is 0.244 e. The van der Waals surface area contributed by atoms with Crippen LogP contribution in [0, 0.1) is 0 Å². The molecule has 1 aliphatic heterocycles. The predicted octanol–water partition coefficient (Wildman–Crippen LogP) is 3.07. The lowest BCUT2D eigenvalue weighted by atomic mass is 10.0. The van der Waals surface area contributed by atoms with Gasteiger partial charge in [0.05, 0.1) is 10.9 Å². The summed E-state index contributed by atoms with van der Waals surface area (Å²) in [4.78, 5) is 14.6. The SMILES string of the molecule is CC(C)c1ccc(S(=O)(=O)N[C@@H](C)C(=O)N2CCc3ccccc32)cc1. The van der Waals surface area contributed by atoms with Gasteiger partial charge in [-0.2, -0.15) is 4.72 Å². The van der Waals surface area contributed by atoms with Crippen LogP contribution in [0.25, 0.3) is 0 Å². The first-order valence-electron chi connectivity index (χ1n) is 8.81. The highest BCUT2D eigenvalue weighted by Gasteiger charge is 2.30. The van der Waals surface area contributed by atoms with Gasteiger partial charge < -0.3 is 4.90 Å². The number of anilines is 1. The molecule has 1 aliphatic rings. The number of sulfonamides is 1. The minimum absolute atomic E-state index is 0.170. The van der Waals surface area contributed by atoms with Crippen LogP contribution >= 0.6 is 0 Å². The van der Waals surface area contributed by atoms with Gasteiger partial charge in [0.2, 0.25) is 15.9 Å². The predicted molar refractivity (Wildman–Crippen MR) is 103 cm³/mol. The summed E-state index contributed by atoms with van der Waals surface area (Å²) in [5.74, 6) is 0.0905. The number of fused-ring (bicyclic) bond motifs is 1. The van der Waals surface area contributed by atoms with Crippen molar-refractivity contribution in [3.8, 4) is 0 Å². The Morgan fingerprint density at radius 1 is 1.04 bits per heavy atom. The molecule has 0 unspecified atom stereocenters. The molecular weight excluding hydrogens is 348 g/mol. The number of nitrogens with zero attached hydrogens (tertiary/aromatic N) is 1. The van der Waals surface area contributed by atoms with E-state index in [1.807, 2.05) is 36.4 Å². The average molecular weight is 372 g/mol. The molecule has 2 aromatic rings. The lowest BCUT2D eigenvalue weighted by Crippen LogP contribution is -2.46. The zero-order chi connectivity index (χ0) is 18.9. The molecule has 1 heterocycles. The smallest absolute Gasteiger partial charge is 0.244 e. The molecule has 6 heteroatoms. The van der Waals surface area contributed by atoms with E-state index in [-0.39, 0.29) is 10.8 Å². The highest BCUT2D eigenvalue weighted by molar-refractivity contribution is 7.89. The summed E-state index contributed by atoms with van der Waals surface area (Å²) in [6, 6.07) is 13.7. The first kappa shape index (κ1) is 18.6. The van der Waals surface area contributed by atoms with Gasteiger partial charge in [0.15, 0.2) is 0 Å². The number of carbonyl (C=O) groups is 1. The van der Waals surface area contributed by atoms with Gasteiger partial charge in [0.1, 0.15) is 0 Å². The Bertz CT molecular complexity index is 905. The van der Waals surface area contributed by atoms with Crippen LogP contribution in [-0.2, 0) is 21.2 Å². The normalized spacial score (nSPS) is 15.2. The zero-order valence-corrected chi connectivity index (χ0v) is 16.1. The molecule has 0 spiro atoms. The third kappa shape index (κ3) is 3.66. The summed E-state index contributed by atoms with van der Waals surface area (Å²) < 4.78 is 27.7. The molecule has 3 rings (SSSR count). The van der Waals surface area contributed by atoms with Gasteiger partial charge >= 0.3 is 0 Å². The Labute approximate surface area is 155 Å². The van der Waals surface area contributed by atoms with Gasteiger partial charge in [-0.1, -0.05) is 44.2 Å². The molecule has 0 bridgehead atoms. The van der Waals surface area contributed by atoms with Crippen molar-refractivity contribution in [1.82, 2.24) is 4.72 Å². The largest absolute Gasteiger partial charge is 0.310 e. The van der Waals surface area contributed by atoms with Crippen molar-refractivity contribution in [2.75, 3.05) is 11.4 Å². The highest BCUT2D eigenvalue weighted by atomic mass is 32.2. The standard InChI is InChI=1S/C20H24N2O3S/c1-14(2)16-8-10-18(11-9-16)26(24,25)21-15(3)20(23)22-13-12-17-6-4-5-7-19(17)22/h4-11,14-15,21H,12-13H2,1-3H3/t15-/m0/s1. The van der Waals surface area contributed by atoms with E-state index in [4.69, 9.17) is 0 Å². The van der Waals surface area contributed by atoms with Crippen LogP contribution in [0.4, 0.5) is 5.69 Å². The minimum Gasteiger partial charge on any atom is -0.310 e. The van der Waals surface area contributed by atoms with Crippen LogP contribution in [0.2, 0.25) is 0 Å². The number of amides is 1. The van der Waals surface area contributed by atoms with Crippen LogP contribution in [-0.4, -0.2) is 26.9 Å². The van der Waals surface area contributed by atoms with E-state index >= 15 is 0 Å². The van der Waals surface area contributed by atoms with Gasteiger partial charge in [-0.05, 0) is 48.6 Å². The van der Waals surface area contributed by atoms with Crippen molar-refractivity contribution >= 4 is 21.6 Å². The van der Waals surface area contributed by atoms with E-state index < -0.39 is 16.1 Å². The maximum absolute atomic E-state index is 12.8. The molecule has 2 aromatic carbocycles. The van der Waals surface area contributed by atoms with Crippen molar-refractivity contribution in [3.63, 3.8) is 0 Å². The fourth-order valence-corrected chi connectivity index (χ4v) is 4.38. The van der Waals surface area contributed by atoms with Crippen LogP contribution in [0.1, 0.15) is 37.8 Å². The second-order valence-electron chi connectivity index (χ2n) is 6.94. The second-order valence-corrected chi connectivity index (χ2v) is 8.65. The topological polar surface area (TPSA) is 66.5 Å². The lowest BCUT2D eigenvalue weighted by Gasteiger charge is -2.22. The second kappa shape index (κ2) is 7.21. The molecule has 1 atom stereocenters. The molecule has 138 valence electrons. The molecule has 0 radical (unpaired) electrons. The van der Waals surface area contributed by atoms with Gasteiger partial charge in [0.25, 0.3) is 0 Å².